The first-order valence-electron chi connectivity index (χ1n) is 6.09. The summed E-state index contributed by atoms with van der Waals surface area (Å²) in [6.07, 6.45) is 2.71. The summed E-state index contributed by atoms with van der Waals surface area (Å²) in [6.45, 7) is 0. The highest BCUT2D eigenvalue weighted by atomic mass is 19.1. The number of aromatic nitrogens is 2. The number of hydrogen-bond acceptors (Lipinski definition) is 3. The number of nitrogens with zero attached hydrogens (tertiary/aromatic N) is 2. The highest BCUT2D eigenvalue weighted by Crippen LogP contribution is 2.39. The van der Waals surface area contributed by atoms with Crippen LogP contribution in [0.5, 0.6) is 0 Å². The Morgan fingerprint density at radius 2 is 2.00 bits per heavy atom. The second-order valence-corrected chi connectivity index (χ2v) is 4.68. The molecule has 3 nitrogen and oxygen atoms in total. The number of benzene rings is 1. The van der Waals surface area contributed by atoms with Gasteiger partial charge in [-0.25, -0.2) is 14.4 Å². The van der Waals surface area contributed by atoms with Crippen molar-refractivity contribution >= 4 is 5.82 Å². The van der Waals surface area contributed by atoms with Crippen LogP contribution in [0.3, 0.4) is 0 Å². The van der Waals surface area contributed by atoms with E-state index in [9.17, 15) is 4.39 Å². The Morgan fingerprint density at radius 1 is 1.22 bits per heavy atom. The molecule has 0 radical (unpaired) electrons. The maximum atomic E-state index is 13.6. The molecule has 0 unspecified atom stereocenters. The van der Waals surface area contributed by atoms with E-state index in [0.29, 0.717) is 29.5 Å². The van der Waals surface area contributed by atoms with E-state index in [2.05, 4.69) is 9.97 Å². The van der Waals surface area contributed by atoms with E-state index in [1.54, 1.807) is 12.1 Å². The van der Waals surface area contributed by atoms with Gasteiger partial charge in [-0.05, 0) is 24.5 Å². The molecule has 2 N–H and O–H groups in total. The first kappa shape index (κ1) is 11.1. The molecule has 0 saturated heterocycles. The fraction of sp³-hybridized carbons (Fsp3) is 0.286. The molecule has 3 rings (SSSR count). The van der Waals surface area contributed by atoms with E-state index < -0.39 is 0 Å². The van der Waals surface area contributed by atoms with Crippen LogP contribution >= 0.6 is 0 Å². The maximum absolute atomic E-state index is 13.6. The average molecular weight is 243 g/mol. The average Bonchev–Trinajstić information content (AvgIpc) is 3.15. The number of rotatable bonds is 3. The Kier molecular flexibility index (Phi) is 2.70. The lowest BCUT2D eigenvalue weighted by atomic mass is 10.1. The van der Waals surface area contributed by atoms with Gasteiger partial charge in [-0.15, -0.1) is 0 Å². The van der Waals surface area contributed by atoms with Gasteiger partial charge < -0.3 is 5.73 Å². The second-order valence-electron chi connectivity index (χ2n) is 4.68. The van der Waals surface area contributed by atoms with E-state index >= 15 is 0 Å². The minimum Gasteiger partial charge on any atom is -0.384 e. The molecule has 18 heavy (non-hydrogen) atoms. The summed E-state index contributed by atoms with van der Waals surface area (Å²) in [5, 5.41) is 0. The van der Waals surface area contributed by atoms with Crippen molar-refractivity contribution in [3.63, 3.8) is 0 Å². The Hall–Kier alpha value is -1.97. The topological polar surface area (TPSA) is 51.8 Å². The Balaban J connectivity index is 1.90. The highest BCUT2D eigenvalue weighted by molar-refractivity contribution is 5.34. The summed E-state index contributed by atoms with van der Waals surface area (Å²) in [5.41, 5.74) is 7.37. The fourth-order valence-corrected chi connectivity index (χ4v) is 2.02. The van der Waals surface area contributed by atoms with Crippen LogP contribution in [0.15, 0.2) is 30.3 Å². The van der Waals surface area contributed by atoms with Crippen molar-refractivity contribution in [2.24, 2.45) is 0 Å². The SMILES string of the molecule is Nc1cc(C2CC2)nc(Cc2ccccc2F)n1. The van der Waals surface area contributed by atoms with Gasteiger partial charge in [0.15, 0.2) is 0 Å². The molecule has 1 aliphatic rings. The van der Waals surface area contributed by atoms with Crippen LogP contribution < -0.4 is 5.73 Å². The minimum atomic E-state index is -0.225. The van der Waals surface area contributed by atoms with Gasteiger partial charge >= 0.3 is 0 Å². The summed E-state index contributed by atoms with van der Waals surface area (Å²) in [7, 11) is 0. The zero-order valence-electron chi connectivity index (χ0n) is 9.94. The molecule has 0 atom stereocenters. The lowest BCUT2D eigenvalue weighted by molar-refractivity contribution is 0.612. The van der Waals surface area contributed by atoms with Crippen LogP contribution in [0, 0.1) is 5.82 Å². The second kappa shape index (κ2) is 4.37. The molecule has 1 heterocycles. The van der Waals surface area contributed by atoms with E-state index in [-0.39, 0.29) is 5.82 Å². The van der Waals surface area contributed by atoms with Crippen molar-refractivity contribution in [3.8, 4) is 0 Å². The van der Waals surface area contributed by atoms with Crippen molar-refractivity contribution in [2.75, 3.05) is 5.73 Å². The zero-order chi connectivity index (χ0) is 12.5. The van der Waals surface area contributed by atoms with Gasteiger partial charge in [0.25, 0.3) is 0 Å². The number of hydrogen-bond donors (Lipinski definition) is 1. The molecule has 92 valence electrons. The van der Waals surface area contributed by atoms with Gasteiger partial charge in [-0.1, -0.05) is 18.2 Å². The number of nitrogens with two attached hydrogens (primary N) is 1. The van der Waals surface area contributed by atoms with Gasteiger partial charge in [-0.3, -0.25) is 0 Å². The normalized spacial score (nSPS) is 14.7. The van der Waals surface area contributed by atoms with E-state index in [0.717, 1.165) is 18.5 Å². The van der Waals surface area contributed by atoms with Crippen LogP contribution in [0.1, 0.15) is 35.8 Å². The number of anilines is 1. The Morgan fingerprint density at radius 3 is 2.72 bits per heavy atom. The van der Waals surface area contributed by atoms with E-state index in [4.69, 9.17) is 5.73 Å². The largest absolute Gasteiger partial charge is 0.384 e. The molecule has 0 amide bonds. The van der Waals surface area contributed by atoms with E-state index in [1.165, 1.54) is 6.07 Å². The van der Waals surface area contributed by atoms with Crippen LogP contribution in [0.25, 0.3) is 0 Å². The van der Waals surface area contributed by atoms with Gasteiger partial charge in [0, 0.05) is 24.1 Å². The number of halogens is 1. The predicted octanol–water partition coefficient (Wildman–Crippen LogP) is 2.67. The van der Waals surface area contributed by atoms with Crippen molar-refractivity contribution < 1.29 is 4.39 Å². The molecule has 0 aliphatic heterocycles. The van der Waals surface area contributed by atoms with Crippen molar-refractivity contribution in [1.82, 2.24) is 9.97 Å². The molecule has 0 spiro atoms. The van der Waals surface area contributed by atoms with Crippen molar-refractivity contribution in [1.29, 1.82) is 0 Å². The quantitative estimate of drug-likeness (QED) is 0.901. The summed E-state index contributed by atoms with van der Waals surface area (Å²) < 4.78 is 13.6. The molecule has 1 aliphatic carbocycles. The maximum Gasteiger partial charge on any atom is 0.135 e. The summed E-state index contributed by atoms with van der Waals surface area (Å²) in [5.74, 6) is 1.37. The summed E-state index contributed by atoms with van der Waals surface area (Å²) in [6, 6.07) is 8.51. The van der Waals surface area contributed by atoms with Crippen LogP contribution in [0.2, 0.25) is 0 Å². The molecular weight excluding hydrogens is 229 g/mol. The van der Waals surface area contributed by atoms with Gasteiger partial charge in [0.2, 0.25) is 0 Å². The lowest BCUT2D eigenvalue weighted by Crippen LogP contribution is -2.04. The summed E-state index contributed by atoms with van der Waals surface area (Å²) in [4.78, 5) is 8.65. The lowest BCUT2D eigenvalue weighted by Gasteiger charge is -2.05. The smallest absolute Gasteiger partial charge is 0.135 e. The van der Waals surface area contributed by atoms with Gasteiger partial charge in [0.05, 0.1) is 0 Å². The highest BCUT2D eigenvalue weighted by Gasteiger charge is 2.25. The Bertz CT molecular complexity index is 579. The molecular formula is C14H14FN3. The third-order valence-corrected chi connectivity index (χ3v) is 3.11. The van der Waals surface area contributed by atoms with Crippen LogP contribution in [0.4, 0.5) is 10.2 Å². The monoisotopic (exact) mass is 243 g/mol. The van der Waals surface area contributed by atoms with Gasteiger partial charge in [0.1, 0.15) is 17.5 Å². The molecule has 1 aromatic carbocycles. The molecule has 1 fully saturated rings. The van der Waals surface area contributed by atoms with Crippen LogP contribution in [-0.2, 0) is 6.42 Å². The molecule has 1 aromatic heterocycles. The van der Waals surface area contributed by atoms with Gasteiger partial charge in [-0.2, -0.15) is 0 Å². The van der Waals surface area contributed by atoms with Crippen LogP contribution in [-0.4, -0.2) is 9.97 Å². The zero-order valence-corrected chi connectivity index (χ0v) is 9.94. The fourth-order valence-electron chi connectivity index (χ4n) is 2.02. The third-order valence-electron chi connectivity index (χ3n) is 3.11. The molecule has 2 aromatic rings. The first-order chi connectivity index (χ1) is 8.72. The van der Waals surface area contributed by atoms with Crippen molar-refractivity contribution in [2.45, 2.75) is 25.2 Å². The molecule has 4 heteroatoms. The van der Waals surface area contributed by atoms with E-state index in [1.807, 2.05) is 12.1 Å². The minimum absolute atomic E-state index is 0.225. The standard InChI is InChI=1S/C14H14FN3/c15-11-4-2-1-3-10(11)7-14-17-12(9-5-6-9)8-13(16)18-14/h1-4,8-9H,5-7H2,(H2,16,17,18). The first-order valence-corrected chi connectivity index (χ1v) is 6.09. The molecule has 1 saturated carbocycles. The molecule has 0 bridgehead atoms. The predicted molar refractivity (Wildman–Crippen MR) is 67.6 cm³/mol. The number of nitrogen functional groups attached to an aromatic ring is 1. The third kappa shape index (κ3) is 2.32. The summed E-state index contributed by atoms with van der Waals surface area (Å²) >= 11 is 0. The Labute approximate surface area is 105 Å². The van der Waals surface area contributed by atoms with Crippen molar-refractivity contribution in [3.05, 3.63) is 53.2 Å².